The van der Waals surface area contributed by atoms with Gasteiger partial charge in [0.2, 0.25) is 0 Å². The van der Waals surface area contributed by atoms with Gasteiger partial charge in [0, 0.05) is 11.8 Å². The SMILES string of the molecule is O=C(O)c1cccc(NS(=O)(=O)c2cc(F)cc(F)c2)c1. The third kappa shape index (κ3) is 3.54. The van der Waals surface area contributed by atoms with Crippen LogP contribution in [0, 0.1) is 11.6 Å². The first-order valence-corrected chi connectivity index (χ1v) is 7.08. The van der Waals surface area contributed by atoms with Crippen LogP contribution in [0.3, 0.4) is 0 Å². The van der Waals surface area contributed by atoms with Gasteiger partial charge in [0.25, 0.3) is 10.0 Å². The van der Waals surface area contributed by atoms with E-state index in [9.17, 15) is 22.0 Å². The summed E-state index contributed by atoms with van der Waals surface area (Å²) in [5.41, 5.74) is -0.153. The zero-order valence-corrected chi connectivity index (χ0v) is 11.2. The fraction of sp³-hybridized carbons (Fsp3) is 0. The van der Waals surface area contributed by atoms with Gasteiger partial charge in [-0.15, -0.1) is 0 Å². The van der Waals surface area contributed by atoms with Crippen LogP contribution in [0.2, 0.25) is 0 Å². The number of carbonyl (C=O) groups is 1. The normalized spacial score (nSPS) is 11.1. The summed E-state index contributed by atoms with van der Waals surface area (Å²) in [4.78, 5) is 10.2. The van der Waals surface area contributed by atoms with Crippen LogP contribution in [0.15, 0.2) is 47.4 Å². The molecule has 0 heterocycles. The largest absolute Gasteiger partial charge is 0.478 e. The fourth-order valence-electron chi connectivity index (χ4n) is 1.61. The summed E-state index contributed by atoms with van der Waals surface area (Å²) in [6, 6.07) is 6.90. The van der Waals surface area contributed by atoms with Crippen LogP contribution < -0.4 is 4.72 Å². The predicted octanol–water partition coefficient (Wildman–Crippen LogP) is 2.46. The van der Waals surface area contributed by atoms with Gasteiger partial charge >= 0.3 is 5.97 Å². The molecule has 0 aliphatic carbocycles. The zero-order chi connectivity index (χ0) is 15.6. The van der Waals surface area contributed by atoms with Crippen molar-refractivity contribution in [1.29, 1.82) is 0 Å². The monoisotopic (exact) mass is 313 g/mol. The predicted molar refractivity (Wildman–Crippen MR) is 70.6 cm³/mol. The Kier molecular flexibility index (Phi) is 3.90. The molecule has 110 valence electrons. The Morgan fingerprint density at radius 1 is 1.05 bits per heavy atom. The number of nitrogens with one attached hydrogen (secondary N) is 1. The Balaban J connectivity index is 2.37. The Labute approximate surface area is 118 Å². The number of hydrogen-bond acceptors (Lipinski definition) is 3. The summed E-state index contributed by atoms with van der Waals surface area (Å²) in [5, 5.41) is 8.82. The van der Waals surface area contributed by atoms with E-state index in [2.05, 4.69) is 4.72 Å². The van der Waals surface area contributed by atoms with Gasteiger partial charge in [0.1, 0.15) is 11.6 Å². The number of aromatic carboxylic acids is 1. The van der Waals surface area contributed by atoms with Gasteiger partial charge < -0.3 is 5.11 Å². The number of rotatable bonds is 4. The lowest BCUT2D eigenvalue weighted by molar-refractivity contribution is 0.0697. The molecule has 2 rings (SSSR count). The van der Waals surface area contributed by atoms with Crippen molar-refractivity contribution in [3.8, 4) is 0 Å². The van der Waals surface area contributed by atoms with E-state index in [0.29, 0.717) is 18.2 Å². The summed E-state index contributed by atoms with van der Waals surface area (Å²) >= 11 is 0. The first-order chi connectivity index (χ1) is 9.78. The molecule has 0 aromatic heterocycles. The van der Waals surface area contributed by atoms with Gasteiger partial charge in [-0.2, -0.15) is 0 Å². The lowest BCUT2D eigenvalue weighted by atomic mass is 10.2. The highest BCUT2D eigenvalue weighted by Gasteiger charge is 2.17. The van der Waals surface area contributed by atoms with Crippen molar-refractivity contribution in [2.75, 3.05) is 4.72 Å². The van der Waals surface area contributed by atoms with Crippen LogP contribution in [0.1, 0.15) is 10.4 Å². The lowest BCUT2D eigenvalue weighted by Crippen LogP contribution is -2.14. The Hall–Kier alpha value is -2.48. The van der Waals surface area contributed by atoms with E-state index in [0.717, 1.165) is 6.07 Å². The third-order valence-corrected chi connectivity index (χ3v) is 3.87. The van der Waals surface area contributed by atoms with Gasteiger partial charge in [-0.05, 0) is 30.3 Å². The summed E-state index contributed by atoms with van der Waals surface area (Å²) in [7, 11) is -4.22. The Bertz CT molecular complexity index is 785. The van der Waals surface area contributed by atoms with Crippen LogP contribution in [-0.4, -0.2) is 19.5 Å². The molecule has 0 saturated carbocycles. The van der Waals surface area contributed by atoms with Crippen LogP contribution in [0.25, 0.3) is 0 Å². The van der Waals surface area contributed by atoms with Crippen molar-refractivity contribution < 1.29 is 27.1 Å². The molecule has 0 unspecified atom stereocenters. The second-order valence-electron chi connectivity index (χ2n) is 4.10. The van der Waals surface area contributed by atoms with Gasteiger partial charge in [0.15, 0.2) is 0 Å². The molecule has 2 N–H and O–H groups in total. The topological polar surface area (TPSA) is 83.5 Å². The van der Waals surface area contributed by atoms with Gasteiger partial charge in [-0.3, -0.25) is 4.72 Å². The minimum Gasteiger partial charge on any atom is -0.478 e. The van der Waals surface area contributed by atoms with Gasteiger partial charge in [0.05, 0.1) is 10.5 Å². The van der Waals surface area contributed by atoms with E-state index in [1.807, 2.05) is 0 Å². The number of hydrogen-bond donors (Lipinski definition) is 2. The molecule has 2 aromatic rings. The van der Waals surface area contributed by atoms with Gasteiger partial charge in [-0.25, -0.2) is 22.0 Å². The van der Waals surface area contributed by atoms with Crippen molar-refractivity contribution in [2.45, 2.75) is 4.90 Å². The maximum absolute atomic E-state index is 13.1. The van der Waals surface area contributed by atoms with Crippen LogP contribution in [0.5, 0.6) is 0 Å². The molecular weight excluding hydrogens is 304 g/mol. The molecule has 5 nitrogen and oxygen atoms in total. The van der Waals surface area contributed by atoms with E-state index < -0.39 is 32.5 Å². The van der Waals surface area contributed by atoms with Crippen molar-refractivity contribution >= 4 is 21.7 Å². The second kappa shape index (κ2) is 5.49. The lowest BCUT2D eigenvalue weighted by Gasteiger charge is -2.09. The minimum atomic E-state index is -4.22. The minimum absolute atomic E-state index is 0.0282. The standard InChI is InChI=1S/C13H9F2NO4S/c14-9-5-10(15)7-12(6-9)21(19,20)16-11-3-1-2-8(4-11)13(17)18/h1-7,16H,(H,17,18). The number of anilines is 1. The van der Waals surface area contributed by atoms with Crippen LogP contribution in [0.4, 0.5) is 14.5 Å². The summed E-state index contributed by atoms with van der Waals surface area (Å²) in [6.07, 6.45) is 0. The first-order valence-electron chi connectivity index (χ1n) is 5.60. The maximum atomic E-state index is 13.1. The van der Waals surface area contributed by atoms with Crippen LogP contribution in [-0.2, 0) is 10.0 Å². The van der Waals surface area contributed by atoms with E-state index in [4.69, 9.17) is 5.11 Å². The van der Waals surface area contributed by atoms with Gasteiger partial charge in [-0.1, -0.05) is 6.07 Å². The smallest absolute Gasteiger partial charge is 0.335 e. The number of halogens is 2. The average Bonchev–Trinajstić information content (AvgIpc) is 2.37. The number of carboxylic acid groups (broad SMARTS) is 1. The number of sulfonamides is 1. The first kappa shape index (κ1) is 14.9. The Morgan fingerprint density at radius 3 is 2.24 bits per heavy atom. The van der Waals surface area contributed by atoms with Crippen molar-refractivity contribution in [3.63, 3.8) is 0 Å². The molecule has 0 atom stereocenters. The number of carboxylic acids is 1. The second-order valence-corrected chi connectivity index (χ2v) is 5.78. The molecule has 0 fully saturated rings. The summed E-state index contributed by atoms with van der Waals surface area (Å²) in [6.45, 7) is 0. The molecule has 0 radical (unpaired) electrons. The molecule has 0 saturated heterocycles. The highest BCUT2D eigenvalue weighted by Crippen LogP contribution is 2.19. The average molecular weight is 313 g/mol. The van der Waals surface area contributed by atoms with Crippen LogP contribution >= 0.6 is 0 Å². The van der Waals surface area contributed by atoms with E-state index in [1.165, 1.54) is 18.2 Å². The molecule has 21 heavy (non-hydrogen) atoms. The molecule has 0 spiro atoms. The third-order valence-electron chi connectivity index (χ3n) is 2.51. The molecule has 0 aliphatic rings. The molecule has 8 heteroatoms. The summed E-state index contributed by atoms with van der Waals surface area (Å²) in [5.74, 6) is -3.29. The highest BCUT2D eigenvalue weighted by molar-refractivity contribution is 7.92. The molecular formula is C13H9F2NO4S. The van der Waals surface area contributed by atoms with E-state index in [1.54, 1.807) is 0 Å². The summed E-state index contributed by atoms with van der Waals surface area (Å²) < 4.78 is 52.2. The molecule has 0 amide bonds. The number of benzene rings is 2. The van der Waals surface area contributed by atoms with E-state index in [-0.39, 0.29) is 11.3 Å². The fourth-order valence-corrected chi connectivity index (χ4v) is 2.70. The van der Waals surface area contributed by atoms with Crippen molar-refractivity contribution in [2.24, 2.45) is 0 Å². The van der Waals surface area contributed by atoms with Crippen molar-refractivity contribution in [3.05, 3.63) is 59.7 Å². The van der Waals surface area contributed by atoms with Crippen molar-refractivity contribution in [1.82, 2.24) is 0 Å². The zero-order valence-electron chi connectivity index (χ0n) is 10.4. The quantitative estimate of drug-likeness (QED) is 0.908. The van der Waals surface area contributed by atoms with E-state index >= 15 is 0 Å². The highest BCUT2D eigenvalue weighted by atomic mass is 32.2. The molecule has 0 aliphatic heterocycles. The maximum Gasteiger partial charge on any atom is 0.335 e. The Morgan fingerprint density at radius 2 is 1.67 bits per heavy atom. The molecule has 0 bridgehead atoms. The molecule has 2 aromatic carbocycles.